The van der Waals surface area contributed by atoms with Gasteiger partial charge in [0.2, 0.25) is 5.91 Å². The van der Waals surface area contributed by atoms with Gasteiger partial charge in [-0.3, -0.25) is 4.79 Å². The molecule has 0 heterocycles. The number of hydrogen-bond donors (Lipinski definition) is 2. The highest BCUT2D eigenvalue weighted by Crippen LogP contribution is 2.10. The fourth-order valence-corrected chi connectivity index (χ4v) is 1.51. The summed E-state index contributed by atoms with van der Waals surface area (Å²) in [6.45, 7) is 7.83. The van der Waals surface area contributed by atoms with Gasteiger partial charge in [0.25, 0.3) is 0 Å². The largest absolute Gasteiger partial charge is 0.464 e. The standard InChI is InChI=1S/C13H26N2O3.ClH/c1-5-9(3)12(13(17)18-6-2)15-11(16)8-7-10(4)14;/h9-10,12H,5-8,14H2,1-4H3,(H,15,16);1H. The van der Waals surface area contributed by atoms with E-state index in [1.54, 1.807) is 6.92 Å². The van der Waals surface area contributed by atoms with E-state index in [0.29, 0.717) is 19.4 Å². The first-order chi connectivity index (χ1) is 8.42. The summed E-state index contributed by atoms with van der Waals surface area (Å²) in [4.78, 5) is 23.5. The summed E-state index contributed by atoms with van der Waals surface area (Å²) in [5, 5.41) is 2.74. The van der Waals surface area contributed by atoms with Crippen LogP contribution in [0.15, 0.2) is 0 Å². The van der Waals surface area contributed by atoms with Gasteiger partial charge in [-0.25, -0.2) is 4.79 Å². The van der Waals surface area contributed by atoms with Crippen molar-refractivity contribution in [2.45, 2.75) is 59.0 Å². The summed E-state index contributed by atoms with van der Waals surface area (Å²) >= 11 is 0. The first kappa shape index (κ1) is 20.5. The van der Waals surface area contributed by atoms with Crippen LogP contribution in [0.25, 0.3) is 0 Å². The maximum Gasteiger partial charge on any atom is 0.328 e. The zero-order valence-corrected chi connectivity index (χ0v) is 13.1. The van der Waals surface area contributed by atoms with E-state index in [-0.39, 0.29) is 36.2 Å². The van der Waals surface area contributed by atoms with Gasteiger partial charge in [0, 0.05) is 12.5 Å². The number of carbonyl (C=O) groups is 2. The molecule has 0 saturated carbocycles. The molecular weight excluding hydrogens is 268 g/mol. The van der Waals surface area contributed by atoms with E-state index in [0.717, 1.165) is 6.42 Å². The van der Waals surface area contributed by atoms with E-state index in [4.69, 9.17) is 10.5 Å². The molecule has 0 aliphatic rings. The second-order valence-electron chi connectivity index (χ2n) is 4.70. The van der Waals surface area contributed by atoms with E-state index in [1.165, 1.54) is 0 Å². The normalized spacial score (nSPS) is 14.8. The molecular formula is C13H27ClN2O3. The molecule has 0 aromatic carbocycles. The number of halogens is 1. The molecule has 0 spiro atoms. The van der Waals surface area contributed by atoms with Crippen molar-refractivity contribution in [2.24, 2.45) is 11.7 Å². The molecule has 19 heavy (non-hydrogen) atoms. The molecule has 1 amide bonds. The van der Waals surface area contributed by atoms with Crippen LogP contribution in [-0.4, -0.2) is 30.6 Å². The van der Waals surface area contributed by atoms with Crippen molar-refractivity contribution in [1.29, 1.82) is 0 Å². The van der Waals surface area contributed by atoms with Crippen molar-refractivity contribution in [1.82, 2.24) is 5.32 Å². The average Bonchev–Trinajstić information content (AvgIpc) is 2.32. The number of carbonyl (C=O) groups excluding carboxylic acids is 2. The Morgan fingerprint density at radius 3 is 2.26 bits per heavy atom. The average molecular weight is 295 g/mol. The Kier molecular flexibility index (Phi) is 11.9. The maximum absolute atomic E-state index is 11.8. The number of nitrogens with one attached hydrogen (secondary N) is 1. The van der Waals surface area contributed by atoms with Crippen molar-refractivity contribution < 1.29 is 14.3 Å². The van der Waals surface area contributed by atoms with Crippen LogP contribution < -0.4 is 11.1 Å². The number of hydrogen-bond acceptors (Lipinski definition) is 4. The molecule has 0 aromatic heterocycles. The van der Waals surface area contributed by atoms with E-state index in [9.17, 15) is 9.59 Å². The minimum atomic E-state index is -0.560. The first-order valence-electron chi connectivity index (χ1n) is 6.63. The highest BCUT2D eigenvalue weighted by atomic mass is 35.5. The Balaban J connectivity index is 0. The minimum absolute atomic E-state index is 0. The fraction of sp³-hybridized carbons (Fsp3) is 0.846. The second-order valence-corrected chi connectivity index (χ2v) is 4.70. The molecule has 0 aliphatic carbocycles. The van der Waals surface area contributed by atoms with Crippen molar-refractivity contribution in [3.63, 3.8) is 0 Å². The van der Waals surface area contributed by atoms with Crippen LogP contribution >= 0.6 is 12.4 Å². The summed E-state index contributed by atoms with van der Waals surface area (Å²) in [6.07, 6.45) is 1.75. The summed E-state index contributed by atoms with van der Waals surface area (Å²) < 4.78 is 4.98. The molecule has 3 unspecified atom stereocenters. The molecule has 114 valence electrons. The number of esters is 1. The van der Waals surface area contributed by atoms with Gasteiger partial charge < -0.3 is 15.8 Å². The van der Waals surface area contributed by atoms with Crippen molar-refractivity contribution in [3.05, 3.63) is 0 Å². The summed E-state index contributed by atoms with van der Waals surface area (Å²) in [5.41, 5.74) is 5.59. The van der Waals surface area contributed by atoms with Crippen LogP contribution in [0.5, 0.6) is 0 Å². The van der Waals surface area contributed by atoms with E-state index in [1.807, 2.05) is 20.8 Å². The second kappa shape index (κ2) is 11.1. The number of nitrogens with two attached hydrogens (primary N) is 1. The van der Waals surface area contributed by atoms with E-state index >= 15 is 0 Å². The summed E-state index contributed by atoms with van der Waals surface area (Å²) in [7, 11) is 0. The molecule has 0 aliphatic heterocycles. The van der Waals surface area contributed by atoms with E-state index in [2.05, 4.69) is 5.32 Å². The summed E-state index contributed by atoms with van der Waals surface area (Å²) in [5.74, 6) is -0.449. The molecule has 3 atom stereocenters. The molecule has 6 heteroatoms. The van der Waals surface area contributed by atoms with Gasteiger partial charge in [0.1, 0.15) is 6.04 Å². The number of amides is 1. The zero-order valence-electron chi connectivity index (χ0n) is 12.3. The topological polar surface area (TPSA) is 81.4 Å². The minimum Gasteiger partial charge on any atom is -0.464 e. The third-order valence-corrected chi connectivity index (χ3v) is 2.90. The molecule has 0 radical (unpaired) electrons. The molecule has 3 N–H and O–H groups in total. The smallest absolute Gasteiger partial charge is 0.328 e. The predicted octanol–water partition coefficient (Wildman–Crippen LogP) is 1.63. The SMILES string of the molecule is CCOC(=O)C(NC(=O)CCC(C)N)C(C)CC.Cl. The predicted molar refractivity (Wildman–Crippen MR) is 78.2 cm³/mol. The van der Waals surface area contributed by atoms with Gasteiger partial charge in [-0.15, -0.1) is 12.4 Å². The zero-order chi connectivity index (χ0) is 14.1. The van der Waals surface area contributed by atoms with Gasteiger partial charge in [0.15, 0.2) is 0 Å². The van der Waals surface area contributed by atoms with Crippen LogP contribution in [-0.2, 0) is 14.3 Å². The number of ether oxygens (including phenoxy) is 1. The lowest BCUT2D eigenvalue weighted by Gasteiger charge is -2.22. The Morgan fingerprint density at radius 2 is 1.84 bits per heavy atom. The lowest BCUT2D eigenvalue weighted by Crippen LogP contribution is -2.46. The van der Waals surface area contributed by atoms with Crippen LogP contribution in [0.3, 0.4) is 0 Å². The van der Waals surface area contributed by atoms with Crippen molar-refractivity contribution >= 4 is 24.3 Å². The Morgan fingerprint density at radius 1 is 1.26 bits per heavy atom. The van der Waals surface area contributed by atoms with Crippen LogP contribution in [0.2, 0.25) is 0 Å². The van der Waals surface area contributed by atoms with Crippen LogP contribution in [0.4, 0.5) is 0 Å². The third kappa shape index (κ3) is 8.83. The summed E-state index contributed by atoms with van der Waals surface area (Å²) in [6, 6.07) is -0.573. The fourth-order valence-electron chi connectivity index (χ4n) is 1.51. The highest BCUT2D eigenvalue weighted by Gasteiger charge is 2.26. The van der Waals surface area contributed by atoms with Crippen molar-refractivity contribution in [2.75, 3.05) is 6.61 Å². The highest BCUT2D eigenvalue weighted by molar-refractivity contribution is 5.85. The lowest BCUT2D eigenvalue weighted by molar-refractivity contribution is -0.149. The van der Waals surface area contributed by atoms with Gasteiger partial charge in [-0.1, -0.05) is 20.3 Å². The van der Waals surface area contributed by atoms with Gasteiger partial charge >= 0.3 is 5.97 Å². The first-order valence-corrected chi connectivity index (χ1v) is 6.63. The molecule has 0 rings (SSSR count). The molecule has 0 aromatic rings. The monoisotopic (exact) mass is 294 g/mol. The van der Waals surface area contributed by atoms with E-state index < -0.39 is 6.04 Å². The molecule has 0 saturated heterocycles. The maximum atomic E-state index is 11.8. The molecule has 0 fully saturated rings. The van der Waals surface area contributed by atoms with Crippen molar-refractivity contribution in [3.8, 4) is 0 Å². The van der Waals surface area contributed by atoms with Gasteiger partial charge in [-0.05, 0) is 26.2 Å². The van der Waals surface area contributed by atoms with Gasteiger partial charge in [0.05, 0.1) is 6.61 Å². The van der Waals surface area contributed by atoms with Gasteiger partial charge in [-0.2, -0.15) is 0 Å². The Bertz CT molecular complexity index is 273. The Hall–Kier alpha value is -0.810. The Labute approximate surface area is 122 Å². The molecule has 0 bridgehead atoms. The molecule has 5 nitrogen and oxygen atoms in total. The van der Waals surface area contributed by atoms with Crippen LogP contribution in [0.1, 0.15) is 47.0 Å². The number of rotatable bonds is 8. The lowest BCUT2D eigenvalue weighted by atomic mass is 9.99. The van der Waals surface area contributed by atoms with Crippen LogP contribution in [0, 0.1) is 5.92 Å². The quantitative estimate of drug-likeness (QED) is 0.667. The third-order valence-electron chi connectivity index (χ3n) is 2.90.